The predicted octanol–water partition coefficient (Wildman–Crippen LogP) is 5.25. The highest BCUT2D eigenvalue weighted by atomic mass is 79.9. The number of halogens is 1. The molecule has 2 heteroatoms. The summed E-state index contributed by atoms with van der Waals surface area (Å²) in [4.78, 5) is 12.1. The van der Waals surface area contributed by atoms with Crippen molar-refractivity contribution in [3.63, 3.8) is 0 Å². The third kappa shape index (κ3) is 3.78. The highest BCUT2D eigenvalue weighted by Gasteiger charge is 2.03. The van der Waals surface area contributed by atoms with Crippen molar-refractivity contribution in [3.8, 4) is 0 Å². The van der Waals surface area contributed by atoms with Gasteiger partial charge in [0, 0.05) is 5.56 Å². The van der Waals surface area contributed by atoms with Gasteiger partial charge in [0.25, 0.3) is 0 Å². The first-order valence-corrected chi connectivity index (χ1v) is 7.17. The monoisotopic (exact) mass is 326 g/mol. The number of carbonyl (C=O) groups is 1. The van der Waals surface area contributed by atoms with Crippen molar-refractivity contribution in [3.05, 3.63) is 88.4 Å². The molecule has 2 rings (SSSR count). The summed E-state index contributed by atoms with van der Waals surface area (Å²) in [5.41, 5.74) is 2.79. The molecule has 0 saturated heterocycles. The Labute approximate surface area is 127 Å². The number of rotatable bonds is 4. The van der Waals surface area contributed by atoms with Gasteiger partial charge in [0.05, 0.1) is 0 Å². The van der Waals surface area contributed by atoms with E-state index in [0.717, 1.165) is 15.6 Å². The fraction of sp³-hybridized carbons (Fsp3) is 0.0556. The lowest BCUT2D eigenvalue weighted by Crippen LogP contribution is -1.93. The molecule has 1 nitrogen and oxygen atoms in total. The van der Waals surface area contributed by atoms with Crippen molar-refractivity contribution in [2.24, 2.45) is 0 Å². The van der Waals surface area contributed by atoms with Crippen LogP contribution in [0, 0.1) is 0 Å². The second-order valence-corrected chi connectivity index (χ2v) is 5.57. The first-order valence-electron chi connectivity index (χ1n) is 6.38. The fourth-order valence-electron chi connectivity index (χ4n) is 1.89. The summed E-state index contributed by atoms with van der Waals surface area (Å²) in [5, 5.41) is 0. The summed E-state index contributed by atoms with van der Waals surface area (Å²) < 4.78 is 1.00. The molecule has 0 aliphatic heterocycles. The molecular weight excluding hydrogens is 312 g/mol. The maximum atomic E-state index is 12.1. The molecule has 0 aromatic heterocycles. The maximum absolute atomic E-state index is 12.1. The molecule has 0 radical (unpaired) electrons. The van der Waals surface area contributed by atoms with E-state index in [1.54, 1.807) is 6.08 Å². The molecule has 100 valence electrons. The van der Waals surface area contributed by atoms with E-state index in [9.17, 15) is 4.79 Å². The summed E-state index contributed by atoms with van der Waals surface area (Å²) in [6, 6.07) is 19.3. The Morgan fingerprint density at radius 2 is 1.35 bits per heavy atom. The van der Waals surface area contributed by atoms with Crippen molar-refractivity contribution >= 4 is 27.3 Å². The van der Waals surface area contributed by atoms with Gasteiger partial charge in [0.2, 0.25) is 0 Å². The van der Waals surface area contributed by atoms with Crippen LogP contribution in [0.3, 0.4) is 0 Å². The molecule has 0 aliphatic carbocycles. The SMILES string of the molecule is C/C(Br)=C(/C=C/C(=O)c1ccccc1)c1ccccc1. The summed E-state index contributed by atoms with van der Waals surface area (Å²) in [6.07, 6.45) is 3.47. The molecule has 20 heavy (non-hydrogen) atoms. The number of benzene rings is 2. The van der Waals surface area contributed by atoms with E-state index in [1.807, 2.05) is 73.7 Å². The minimum absolute atomic E-state index is 0.00720. The van der Waals surface area contributed by atoms with Crippen LogP contribution in [-0.4, -0.2) is 5.78 Å². The van der Waals surface area contributed by atoms with Crippen LogP contribution in [0.25, 0.3) is 5.57 Å². The molecule has 0 heterocycles. The second kappa shape index (κ2) is 7.01. The molecule has 0 saturated carbocycles. The van der Waals surface area contributed by atoms with Gasteiger partial charge in [-0.3, -0.25) is 4.79 Å². The lowest BCUT2D eigenvalue weighted by atomic mass is 10.0. The quantitative estimate of drug-likeness (QED) is 0.426. The van der Waals surface area contributed by atoms with Gasteiger partial charge < -0.3 is 0 Å². The van der Waals surface area contributed by atoms with Crippen molar-refractivity contribution in [2.75, 3.05) is 0 Å². The van der Waals surface area contributed by atoms with Crippen LogP contribution in [0.5, 0.6) is 0 Å². The molecule has 0 spiro atoms. The predicted molar refractivity (Wildman–Crippen MR) is 87.9 cm³/mol. The van der Waals surface area contributed by atoms with Gasteiger partial charge in [-0.1, -0.05) is 76.6 Å². The van der Waals surface area contributed by atoms with Crippen LogP contribution in [-0.2, 0) is 0 Å². The van der Waals surface area contributed by atoms with E-state index in [-0.39, 0.29) is 5.78 Å². The number of carbonyl (C=O) groups excluding carboxylic acids is 1. The molecule has 0 aliphatic rings. The number of allylic oxidation sites excluding steroid dienone is 4. The Balaban J connectivity index is 2.25. The smallest absolute Gasteiger partial charge is 0.185 e. The van der Waals surface area contributed by atoms with E-state index < -0.39 is 0 Å². The Morgan fingerprint density at radius 3 is 1.85 bits per heavy atom. The zero-order chi connectivity index (χ0) is 14.4. The minimum atomic E-state index is 0.00720. The zero-order valence-electron chi connectivity index (χ0n) is 11.2. The Hall–Kier alpha value is -1.93. The summed E-state index contributed by atoms with van der Waals surface area (Å²) >= 11 is 3.50. The van der Waals surface area contributed by atoms with Crippen molar-refractivity contribution in [1.82, 2.24) is 0 Å². The topological polar surface area (TPSA) is 17.1 Å². The average molecular weight is 327 g/mol. The molecule has 0 N–H and O–H groups in total. The van der Waals surface area contributed by atoms with E-state index in [0.29, 0.717) is 5.56 Å². The third-order valence-corrected chi connectivity index (χ3v) is 3.34. The summed E-state index contributed by atoms with van der Waals surface area (Å²) in [7, 11) is 0. The lowest BCUT2D eigenvalue weighted by molar-refractivity contribution is 0.104. The molecular formula is C18H15BrO. The van der Waals surface area contributed by atoms with Crippen LogP contribution >= 0.6 is 15.9 Å². The normalized spacial score (nSPS) is 12.3. The largest absolute Gasteiger partial charge is 0.289 e. The second-order valence-electron chi connectivity index (χ2n) is 4.38. The first kappa shape index (κ1) is 14.5. The van der Waals surface area contributed by atoms with Crippen LogP contribution in [0.4, 0.5) is 0 Å². The lowest BCUT2D eigenvalue weighted by Gasteiger charge is -2.04. The highest BCUT2D eigenvalue weighted by Crippen LogP contribution is 2.23. The Morgan fingerprint density at radius 1 is 0.850 bits per heavy atom. The third-order valence-electron chi connectivity index (χ3n) is 2.92. The van der Waals surface area contributed by atoms with Gasteiger partial charge in [-0.05, 0) is 34.7 Å². The van der Waals surface area contributed by atoms with E-state index in [2.05, 4.69) is 15.9 Å². The molecule has 0 fully saturated rings. The van der Waals surface area contributed by atoms with Crippen molar-refractivity contribution in [2.45, 2.75) is 6.92 Å². The van der Waals surface area contributed by atoms with Gasteiger partial charge >= 0.3 is 0 Å². The standard InChI is InChI=1S/C18H15BrO/c1-14(19)17(15-8-4-2-5-9-15)12-13-18(20)16-10-6-3-7-11-16/h2-13H,1H3/b13-12+,17-14+. The Kier molecular flexibility index (Phi) is 5.08. The van der Waals surface area contributed by atoms with Crippen LogP contribution in [0.2, 0.25) is 0 Å². The minimum Gasteiger partial charge on any atom is -0.289 e. The first-order chi connectivity index (χ1) is 9.68. The van der Waals surface area contributed by atoms with Crippen LogP contribution < -0.4 is 0 Å². The van der Waals surface area contributed by atoms with Gasteiger partial charge in [-0.25, -0.2) is 0 Å². The van der Waals surface area contributed by atoms with Gasteiger partial charge in [0.1, 0.15) is 0 Å². The molecule has 0 amide bonds. The molecule has 0 bridgehead atoms. The number of hydrogen-bond donors (Lipinski definition) is 0. The number of hydrogen-bond acceptors (Lipinski definition) is 1. The fourth-order valence-corrected chi connectivity index (χ4v) is 2.25. The maximum Gasteiger partial charge on any atom is 0.185 e. The highest BCUT2D eigenvalue weighted by molar-refractivity contribution is 9.11. The summed E-state index contributed by atoms with van der Waals surface area (Å²) in [6.45, 7) is 1.97. The van der Waals surface area contributed by atoms with E-state index in [4.69, 9.17) is 0 Å². The van der Waals surface area contributed by atoms with Crippen LogP contribution in [0.15, 0.2) is 77.3 Å². The molecule has 2 aromatic rings. The summed E-state index contributed by atoms with van der Waals surface area (Å²) in [5.74, 6) is 0.00720. The van der Waals surface area contributed by atoms with Gasteiger partial charge in [-0.2, -0.15) is 0 Å². The van der Waals surface area contributed by atoms with E-state index in [1.165, 1.54) is 0 Å². The van der Waals surface area contributed by atoms with Crippen LogP contribution in [0.1, 0.15) is 22.8 Å². The van der Waals surface area contributed by atoms with E-state index >= 15 is 0 Å². The average Bonchev–Trinajstić information content (AvgIpc) is 2.49. The Bertz CT molecular complexity index is 636. The van der Waals surface area contributed by atoms with Gasteiger partial charge in [-0.15, -0.1) is 0 Å². The molecule has 0 unspecified atom stereocenters. The van der Waals surface area contributed by atoms with Gasteiger partial charge in [0.15, 0.2) is 5.78 Å². The van der Waals surface area contributed by atoms with Crippen molar-refractivity contribution in [1.29, 1.82) is 0 Å². The molecule has 0 atom stereocenters. The molecule has 2 aromatic carbocycles. The van der Waals surface area contributed by atoms with Crippen molar-refractivity contribution < 1.29 is 4.79 Å². The zero-order valence-corrected chi connectivity index (χ0v) is 12.8. The number of ketones is 1.